The van der Waals surface area contributed by atoms with E-state index in [9.17, 15) is 9.59 Å². The minimum Gasteiger partial charge on any atom is -0.481 e. The Morgan fingerprint density at radius 3 is 1.48 bits per heavy atom. The number of carboxylic acids is 1. The molecule has 0 saturated carbocycles. The number of unbranched alkanes of at least 4 members (excludes halogenated alkanes) is 3. The summed E-state index contributed by atoms with van der Waals surface area (Å²) in [5, 5.41) is 8.72. The summed E-state index contributed by atoms with van der Waals surface area (Å²) in [7, 11) is 0. The van der Waals surface area contributed by atoms with Crippen molar-refractivity contribution in [3.05, 3.63) is 109 Å². The van der Waals surface area contributed by atoms with Gasteiger partial charge in [0.25, 0.3) is 0 Å². The zero-order chi connectivity index (χ0) is 30.8. The average molecular weight is 577 g/mol. The van der Waals surface area contributed by atoms with Crippen LogP contribution in [-0.4, -0.2) is 23.1 Å². The van der Waals surface area contributed by atoms with Crippen LogP contribution in [0.4, 0.5) is 0 Å². The Morgan fingerprint density at radius 2 is 0.976 bits per heavy atom. The minimum atomic E-state index is -0.746. The van der Waals surface area contributed by atoms with Crippen LogP contribution in [0.3, 0.4) is 0 Å². The molecule has 0 spiro atoms. The summed E-state index contributed by atoms with van der Waals surface area (Å²) >= 11 is 0. The second-order valence-electron chi connectivity index (χ2n) is 9.87. The zero-order valence-corrected chi connectivity index (χ0v) is 26.2. The Balaban J connectivity index is 4.21. The molecule has 0 aromatic carbocycles. The van der Waals surface area contributed by atoms with Crippen molar-refractivity contribution in [3.63, 3.8) is 0 Å². The van der Waals surface area contributed by atoms with Gasteiger partial charge in [0.15, 0.2) is 0 Å². The first-order valence-electron chi connectivity index (χ1n) is 15.9. The maximum absolute atomic E-state index is 12.4. The fourth-order valence-corrected chi connectivity index (χ4v) is 3.69. The Hall–Kier alpha value is -3.40. The molecule has 1 N–H and O–H groups in total. The molecular formula is C38H56O4. The molecule has 4 heteroatoms. The van der Waals surface area contributed by atoms with Gasteiger partial charge >= 0.3 is 11.9 Å². The lowest BCUT2D eigenvalue weighted by molar-refractivity contribution is -0.145. The molecule has 1 unspecified atom stereocenters. The molecular weight excluding hydrogens is 520 g/mol. The normalized spacial score (nSPS) is 13.8. The molecule has 4 nitrogen and oxygen atoms in total. The molecule has 232 valence electrons. The van der Waals surface area contributed by atoms with Gasteiger partial charge in [0.2, 0.25) is 0 Å². The average Bonchev–Trinajstić information content (AvgIpc) is 2.97. The van der Waals surface area contributed by atoms with Crippen LogP contribution >= 0.6 is 0 Å². The highest BCUT2D eigenvalue weighted by Crippen LogP contribution is 2.08. The number of ether oxygens (including phenoxy) is 1. The van der Waals surface area contributed by atoms with E-state index in [1.165, 1.54) is 0 Å². The van der Waals surface area contributed by atoms with Crippen molar-refractivity contribution in [1.82, 2.24) is 0 Å². The molecule has 0 aromatic heterocycles. The Bertz CT molecular complexity index is 925. The van der Waals surface area contributed by atoms with E-state index < -0.39 is 5.97 Å². The second-order valence-corrected chi connectivity index (χ2v) is 9.87. The lowest BCUT2D eigenvalue weighted by Crippen LogP contribution is -2.13. The molecule has 0 heterocycles. The van der Waals surface area contributed by atoms with Crippen LogP contribution in [0.25, 0.3) is 0 Å². The Labute approximate surface area is 256 Å². The van der Waals surface area contributed by atoms with E-state index >= 15 is 0 Å². The molecule has 42 heavy (non-hydrogen) atoms. The Morgan fingerprint density at radius 1 is 0.524 bits per heavy atom. The fourth-order valence-electron chi connectivity index (χ4n) is 3.69. The van der Waals surface area contributed by atoms with Gasteiger partial charge in [-0.3, -0.25) is 9.59 Å². The predicted molar refractivity (Wildman–Crippen MR) is 180 cm³/mol. The summed E-state index contributed by atoms with van der Waals surface area (Å²) < 4.78 is 5.67. The van der Waals surface area contributed by atoms with Gasteiger partial charge in [0.1, 0.15) is 6.10 Å². The van der Waals surface area contributed by atoms with Gasteiger partial charge in [-0.2, -0.15) is 0 Å². The third-order valence-electron chi connectivity index (χ3n) is 5.97. The van der Waals surface area contributed by atoms with Crippen LogP contribution in [0.5, 0.6) is 0 Å². The molecule has 0 aliphatic heterocycles. The number of carboxylic acid groups (broad SMARTS) is 1. The molecule has 1 atom stereocenters. The molecule has 0 rings (SSSR count). The van der Waals surface area contributed by atoms with Crippen LogP contribution in [0.15, 0.2) is 109 Å². The highest BCUT2D eigenvalue weighted by Gasteiger charge is 2.07. The summed E-state index contributed by atoms with van der Waals surface area (Å²) in [6.45, 7) is 4.25. The molecule has 0 radical (unpaired) electrons. The number of carbonyl (C=O) groups excluding carboxylic acids is 1. The van der Waals surface area contributed by atoms with Gasteiger partial charge in [0.05, 0.1) is 0 Å². The highest BCUT2D eigenvalue weighted by molar-refractivity contribution is 5.70. The standard InChI is InChI=1S/C38H56O4/c1-3-5-7-9-10-11-12-13-14-15-16-17-18-19-20-21-22-27-31-35-38(41)42-36(32-28-24-8-6-4-2)33-29-25-23-26-30-34-37(39)40/h5-8,10-11,13-14,16-17,19-20,22,27-29,32-33,36H,3-4,9,12,15,18,21,23-26,30-31,34-35H2,1-2H3,(H,39,40)/b7-5-,8-6-,11-10-,14-13-,17-16-,20-19-,27-22-,32-28-,33-29-. The van der Waals surface area contributed by atoms with Crippen LogP contribution in [0.1, 0.15) is 110 Å². The molecule has 0 bridgehead atoms. The van der Waals surface area contributed by atoms with Gasteiger partial charge < -0.3 is 9.84 Å². The number of allylic oxidation sites excluding steroid dienone is 16. The van der Waals surface area contributed by atoms with Crippen molar-refractivity contribution in [2.45, 2.75) is 116 Å². The number of aliphatic carboxylic acids is 1. The van der Waals surface area contributed by atoms with E-state index in [2.05, 4.69) is 92.8 Å². The first-order chi connectivity index (χ1) is 20.6. The van der Waals surface area contributed by atoms with Crippen LogP contribution < -0.4 is 0 Å². The Kier molecular flexibility index (Phi) is 29.5. The van der Waals surface area contributed by atoms with E-state index in [0.29, 0.717) is 19.3 Å². The largest absolute Gasteiger partial charge is 0.481 e. The number of hydrogen-bond acceptors (Lipinski definition) is 3. The molecule has 0 fully saturated rings. The lowest BCUT2D eigenvalue weighted by atomic mass is 10.1. The second kappa shape index (κ2) is 32.1. The van der Waals surface area contributed by atoms with Gasteiger partial charge in [0, 0.05) is 12.8 Å². The van der Waals surface area contributed by atoms with E-state index in [-0.39, 0.29) is 18.5 Å². The minimum absolute atomic E-state index is 0.209. The monoisotopic (exact) mass is 576 g/mol. The van der Waals surface area contributed by atoms with Crippen molar-refractivity contribution in [2.75, 3.05) is 0 Å². The van der Waals surface area contributed by atoms with E-state index in [4.69, 9.17) is 9.84 Å². The van der Waals surface area contributed by atoms with Crippen molar-refractivity contribution in [2.24, 2.45) is 0 Å². The molecule has 0 saturated heterocycles. The maximum atomic E-state index is 12.4. The first kappa shape index (κ1) is 38.6. The predicted octanol–water partition coefficient (Wildman–Crippen LogP) is 10.9. The highest BCUT2D eigenvalue weighted by atomic mass is 16.5. The number of esters is 1. The summed E-state index contributed by atoms with van der Waals surface area (Å²) in [6, 6.07) is 0. The van der Waals surface area contributed by atoms with Gasteiger partial charge in [-0.15, -0.1) is 0 Å². The topological polar surface area (TPSA) is 63.6 Å². The van der Waals surface area contributed by atoms with Crippen LogP contribution in [0, 0.1) is 0 Å². The summed E-state index contributed by atoms with van der Waals surface area (Å²) in [5.74, 6) is -0.955. The fraction of sp³-hybridized carbons (Fsp3) is 0.474. The van der Waals surface area contributed by atoms with E-state index in [1.54, 1.807) is 0 Å². The van der Waals surface area contributed by atoms with Gasteiger partial charge in [-0.05, 0) is 89.2 Å². The van der Waals surface area contributed by atoms with Gasteiger partial charge in [-0.1, -0.05) is 117 Å². The summed E-state index contributed by atoms with van der Waals surface area (Å²) in [5.41, 5.74) is 0. The molecule has 0 amide bonds. The number of hydrogen-bond donors (Lipinski definition) is 1. The molecule has 0 aliphatic rings. The van der Waals surface area contributed by atoms with E-state index in [0.717, 1.165) is 70.6 Å². The van der Waals surface area contributed by atoms with Crippen LogP contribution in [0.2, 0.25) is 0 Å². The molecule has 0 aromatic rings. The molecule has 0 aliphatic carbocycles. The SMILES string of the molecule is CC/C=C\C/C=C\C/C=C\C/C=C\C/C=C\C/C=C\CCC(=O)OC(/C=C\C/C=C\CC)/C=C\CCCCCC(=O)O. The first-order valence-corrected chi connectivity index (χ1v) is 15.9. The lowest BCUT2D eigenvalue weighted by Gasteiger charge is -2.10. The van der Waals surface area contributed by atoms with E-state index in [1.807, 2.05) is 30.4 Å². The quantitative estimate of drug-likeness (QED) is 0.0632. The maximum Gasteiger partial charge on any atom is 0.307 e. The number of carbonyl (C=O) groups is 2. The van der Waals surface area contributed by atoms with Crippen LogP contribution in [-0.2, 0) is 14.3 Å². The van der Waals surface area contributed by atoms with Crippen molar-refractivity contribution >= 4 is 11.9 Å². The van der Waals surface area contributed by atoms with Gasteiger partial charge in [-0.25, -0.2) is 0 Å². The number of rotatable bonds is 26. The third kappa shape index (κ3) is 31.1. The van der Waals surface area contributed by atoms with Crippen molar-refractivity contribution in [3.8, 4) is 0 Å². The zero-order valence-electron chi connectivity index (χ0n) is 26.2. The summed E-state index contributed by atoms with van der Waals surface area (Å²) in [4.78, 5) is 23.0. The third-order valence-corrected chi connectivity index (χ3v) is 5.97. The smallest absolute Gasteiger partial charge is 0.307 e. The van der Waals surface area contributed by atoms with Crippen molar-refractivity contribution in [1.29, 1.82) is 0 Å². The van der Waals surface area contributed by atoms with Crippen molar-refractivity contribution < 1.29 is 19.4 Å². The summed E-state index contributed by atoms with van der Waals surface area (Å²) in [6.07, 6.45) is 50.0.